The molecule has 0 fully saturated rings. The van der Waals surface area contributed by atoms with Gasteiger partial charge in [0, 0.05) is 5.41 Å². The van der Waals surface area contributed by atoms with Crippen LogP contribution < -0.4 is 19.1 Å². The van der Waals surface area contributed by atoms with Crippen molar-refractivity contribution in [2.45, 2.75) is 39.4 Å². The Bertz CT molecular complexity index is 2250. The van der Waals surface area contributed by atoms with Gasteiger partial charge in [-0.05, 0) is 126 Å². The van der Waals surface area contributed by atoms with Gasteiger partial charge in [-0.3, -0.25) is 5.26 Å². The molecule has 0 unspecified atom stereocenters. The topological polar surface area (TPSA) is 150 Å². The fraction of sp³-hybridized carbons (Fsp3) is 0.136. The monoisotopic (exact) mass is 742 g/mol. The van der Waals surface area contributed by atoms with Gasteiger partial charge in [-0.1, -0.05) is 55.8 Å². The number of hydrogen-bond acceptors (Lipinski definition) is 10. The van der Waals surface area contributed by atoms with Gasteiger partial charge in [0.05, 0.1) is 11.1 Å². The molecule has 0 atom stereocenters. The van der Waals surface area contributed by atoms with E-state index < -0.39 is 11.9 Å². The first-order chi connectivity index (χ1) is 26.5. The summed E-state index contributed by atoms with van der Waals surface area (Å²) in [6.45, 7) is 6.00. The van der Waals surface area contributed by atoms with Gasteiger partial charge in [0.15, 0.2) is 5.75 Å². The van der Waals surface area contributed by atoms with E-state index in [0.29, 0.717) is 39.9 Å². The van der Waals surface area contributed by atoms with Crippen molar-refractivity contribution in [3.63, 3.8) is 0 Å². The molecular formula is C44H38O11. The second kappa shape index (κ2) is 17.0. The number of aromatic carboxylic acids is 1. The molecule has 0 amide bonds. The average Bonchev–Trinajstić information content (AvgIpc) is 3.17. The summed E-state index contributed by atoms with van der Waals surface area (Å²) < 4.78 is 17.5. The standard InChI is InChI=1S/C44H38O11/c1-28-4-23-40(41(24-28)42(46)47)43(48)54-38-17-15-36(16-18-38)52-34-11-6-31(7-12-34)44(2,3)32-8-13-35(14-9-32)53-37-19-21-39(22-20-37)55-51-27-29-5-10-33(45)25-30(29)26-50-49/h4-25,45,49H,26-27H2,1-3H3,(H,46,47). The van der Waals surface area contributed by atoms with Crippen molar-refractivity contribution in [1.82, 2.24) is 0 Å². The van der Waals surface area contributed by atoms with E-state index in [1.807, 2.05) is 48.5 Å². The third-order valence-corrected chi connectivity index (χ3v) is 8.89. The van der Waals surface area contributed by atoms with E-state index in [1.54, 1.807) is 67.6 Å². The summed E-state index contributed by atoms with van der Waals surface area (Å²) in [6.07, 6.45) is 0. The number of phenols is 1. The zero-order valence-corrected chi connectivity index (χ0v) is 30.2. The van der Waals surface area contributed by atoms with Crippen LogP contribution in [0.15, 0.2) is 133 Å². The fourth-order valence-electron chi connectivity index (χ4n) is 5.75. The Morgan fingerprint density at radius 1 is 0.582 bits per heavy atom. The molecule has 0 saturated heterocycles. The lowest BCUT2D eigenvalue weighted by Crippen LogP contribution is -2.18. The van der Waals surface area contributed by atoms with Gasteiger partial charge in [-0.25, -0.2) is 14.5 Å². The molecule has 0 aromatic heterocycles. The van der Waals surface area contributed by atoms with Crippen LogP contribution in [0.1, 0.15) is 62.4 Å². The summed E-state index contributed by atoms with van der Waals surface area (Å²) >= 11 is 0. The Balaban J connectivity index is 1.00. The zero-order valence-electron chi connectivity index (χ0n) is 30.2. The number of benzene rings is 6. The molecule has 6 aromatic rings. The first-order valence-electron chi connectivity index (χ1n) is 17.2. The number of carboxylic acid groups (broad SMARTS) is 1. The van der Waals surface area contributed by atoms with Crippen LogP contribution in [0.3, 0.4) is 0 Å². The molecule has 0 radical (unpaired) electrons. The molecule has 280 valence electrons. The average molecular weight is 743 g/mol. The van der Waals surface area contributed by atoms with Crippen LogP contribution in [0.5, 0.6) is 40.2 Å². The van der Waals surface area contributed by atoms with Gasteiger partial charge in [0.2, 0.25) is 0 Å². The summed E-state index contributed by atoms with van der Waals surface area (Å²) in [5.74, 6) is 1.26. The summed E-state index contributed by atoms with van der Waals surface area (Å²) in [4.78, 5) is 39.2. The maximum absolute atomic E-state index is 12.7. The second-order valence-corrected chi connectivity index (χ2v) is 13.1. The normalized spacial score (nSPS) is 11.1. The zero-order chi connectivity index (χ0) is 39.0. The van der Waals surface area contributed by atoms with Crippen LogP contribution in [-0.2, 0) is 28.4 Å². The van der Waals surface area contributed by atoms with E-state index in [9.17, 15) is 19.8 Å². The van der Waals surface area contributed by atoms with Crippen LogP contribution in [0, 0.1) is 6.92 Å². The highest BCUT2D eigenvalue weighted by atomic mass is 17.2. The lowest BCUT2D eigenvalue weighted by Gasteiger charge is -2.26. The first-order valence-corrected chi connectivity index (χ1v) is 17.2. The highest BCUT2D eigenvalue weighted by Crippen LogP contribution is 2.35. The van der Waals surface area contributed by atoms with Crippen molar-refractivity contribution < 1.29 is 53.9 Å². The third kappa shape index (κ3) is 9.67. The number of aromatic hydroxyl groups is 1. The minimum absolute atomic E-state index is 0.0252. The number of carbonyl (C=O) groups is 2. The quantitative estimate of drug-likeness (QED) is 0.0399. The van der Waals surface area contributed by atoms with Crippen molar-refractivity contribution >= 4 is 11.9 Å². The Hall–Kier alpha value is -6.66. The second-order valence-electron chi connectivity index (χ2n) is 13.1. The van der Waals surface area contributed by atoms with Gasteiger partial charge in [-0.2, -0.15) is 4.89 Å². The van der Waals surface area contributed by atoms with Crippen molar-refractivity contribution in [2.75, 3.05) is 0 Å². The van der Waals surface area contributed by atoms with Gasteiger partial charge < -0.3 is 29.3 Å². The van der Waals surface area contributed by atoms with E-state index in [4.69, 9.17) is 29.2 Å². The van der Waals surface area contributed by atoms with Gasteiger partial charge in [0.1, 0.15) is 47.7 Å². The lowest BCUT2D eigenvalue weighted by molar-refractivity contribution is -0.253. The van der Waals surface area contributed by atoms with Gasteiger partial charge in [-0.15, -0.1) is 0 Å². The molecule has 6 aromatic carbocycles. The number of hydrogen-bond donors (Lipinski definition) is 3. The van der Waals surface area contributed by atoms with E-state index in [1.165, 1.54) is 24.3 Å². The van der Waals surface area contributed by atoms with E-state index in [2.05, 4.69) is 18.7 Å². The summed E-state index contributed by atoms with van der Waals surface area (Å²) in [6, 6.07) is 38.3. The number of ether oxygens (including phenoxy) is 3. The number of rotatable bonds is 15. The van der Waals surface area contributed by atoms with Gasteiger partial charge in [0.25, 0.3) is 0 Å². The minimum Gasteiger partial charge on any atom is -0.508 e. The molecule has 0 aliphatic rings. The predicted octanol–water partition coefficient (Wildman–Crippen LogP) is 10.0. The largest absolute Gasteiger partial charge is 0.508 e. The molecule has 0 saturated carbocycles. The molecule has 0 aliphatic heterocycles. The molecule has 55 heavy (non-hydrogen) atoms. The van der Waals surface area contributed by atoms with Crippen LogP contribution >= 0.6 is 0 Å². The smallest absolute Gasteiger partial charge is 0.344 e. The van der Waals surface area contributed by atoms with Crippen molar-refractivity contribution in [2.24, 2.45) is 0 Å². The highest BCUT2D eigenvalue weighted by Gasteiger charge is 2.23. The molecule has 0 heterocycles. The van der Waals surface area contributed by atoms with Crippen LogP contribution in [-0.4, -0.2) is 27.4 Å². The molecular weight excluding hydrogens is 704 g/mol. The number of carboxylic acids is 1. The molecule has 11 nitrogen and oxygen atoms in total. The van der Waals surface area contributed by atoms with E-state index in [-0.39, 0.29) is 41.3 Å². The molecule has 6 rings (SSSR count). The number of carbonyl (C=O) groups excluding carboxylic acids is 1. The van der Waals surface area contributed by atoms with Crippen molar-refractivity contribution in [3.8, 4) is 40.2 Å². The van der Waals surface area contributed by atoms with Crippen LogP contribution in [0.2, 0.25) is 0 Å². The maximum Gasteiger partial charge on any atom is 0.344 e. The molecule has 3 N–H and O–H groups in total. The number of aryl methyl sites for hydroxylation is 1. The number of phenolic OH excluding ortho intramolecular Hbond substituents is 1. The van der Waals surface area contributed by atoms with Crippen molar-refractivity contribution in [1.29, 1.82) is 0 Å². The first kappa shape index (κ1) is 38.1. The Morgan fingerprint density at radius 3 is 1.62 bits per heavy atom. The Kier molecular flexibility index (Phi) is 11.8. The summed E-state index contributed by atoms with van der Waals surface area (Å²) in [5, 5.41) is 27.9. The van der Waals surface area contributed by atoms with E-state index in [0.717, 1.165) is 16.7 Å². The maximum atomic E-state index is 12.7. The molecule has 0 aliphatic carbocycles. The summed E-state index contributed by atoms with van der Waals surface area (Å²) in [7, 11) is 0. The molecule has 11 heteroatoms. The Labute approximate surface area is 317 Å². The van der Waals surface area contributed by atoms with Gasteiger partial charge >= 0.3 is 11.9 Å². The van der Waals surface area contributed by atoms with Crippen LogP contribution in [0.4, 0.5) is 0 Å². The summed E-state index contributed by atoms with van der Waals surface area (Å²) in [5.41, 5.74) is 3.68. The third-order valence-electron chi connectivity index (χ3n) is 8.89. The van der Waals surface area contributed by atoms with Crippen LogP contribution in [0.25, 0.3) is 0 Å². The minimum atomic E-state index is -1.20. The molecule has 0 spiro atoms. The highest BCUT2D eigenvalue weighted by molar-refractivity contribution is 6.03. The SMILES string of the molecule is Cc1ccc(C(=O)Oc2ccc(Oc3ccc(C(C)(C)c4ccc(Oc5ccc(OOCc6ccc(O)cc6COO)cc5)cc4)cc3)cc2)c(C(=O)O)c1. The molecule has 0 bridgehead atoms. The van der Waals surface area contributed by atoms with E-state index >= 15 is 0 Å². The Morgan fingerprint density at radius 2 is 1.09 bits per heavy atom. The van der Waals surface area contributed by atoms with Crippen molar-refractivity contribution in [3.05, 3.63) is 172 Å². The lowest BCUT2D eigenvalue weighted by atomic mass is 9.78. The number of esters is 1. The predicted molar refractivity (Wildman–Crippen MR) is 202 cm³/mol. The fourth-order valence-corrected chi connectivity index (χ4v) is 5.75.